The second-order valence-electron chi connectivity index (χ2n) is 7.78. The van der Waals surface area contributed by atoms with E-state index in [2.05, 4.69) is 21.2 Å². The number of alkyl halides is 2. The summed E-state index contributed by atoms with van der Waals surface area (Å²) in [5.74, 6) is -1.71. The van der Waals surface area contributed by atoms with Gasteiger partial charge in [0.1, 0.15) is 5.75 Å². The van der Waals surface area contributed by atoms with E-state index in [-0.39, 0.29) is 32.0 Å². The van der Waals surface area contributed by atoms with Crippen LogP contribution in [0.2, 0.25) is 0 Å². The number of methoxy groups -OCH3 is 1. The summed E-state index contributed by atoms with van der Waals surface area (Å²) in [4.78, 5) is 18.3. The number of likely N-dealkylation sites (tertiary alicyclic amines) is 1. The first kappa shape index (κ1) is 25.1. The summed E-state index contributed by atoms with van der Waals surface area (Å²) < 4.78 is 31.8. The molecule has 9 heteroatoms. The van der Waals surface area contributed by atoms with Gasteiger partial charge in [0.2, 0.25) is 0 Å². The molecule has 0 saturated carbocycles. The lowest BCUT2D eigenvalue weighted by Gasteiger charge is -2.36. The maximum atomic E-state index is 13.2. The zero-order valence-electron chi connectivity index (χ0n) is 18.7. The standard InChI is InChI=1S/C21H32F2N4O2.CH4O/c1-29-19-7-3-2-6-18(19)26-16-14-25(15-17-26)11-5-4-10-24-20(28)27-12-8-21(22,23)9-13-27;1-2/h2-3,6-7H,4-5,8-17H2,1H3,(H,24,28);2H,1H3. The number of para-hydroxylation sites is 2. The van der Waals surface area contributed by atoms with Crippen LogP contribution in [0.15, 0.2) is 24.3 Å². The molecule has 7 nitrogen and oxygen atoms in total. The van der Waals surface area contributed by atoms with Gasteiger partial charge in [0.25, 0.3) is 5.92 Å². The molecule has 2 N–H and O–H groups in total. The molecule has 2 heterocycles. The molecule has 1 aromatic rings. The number of benzene rings is 1. The van der Waals surface area contributed by atoms with Gasteiger partial charge in [-0.3, -0.25) is 4.90 Å². The lowest BCUT2D eigenvalue weighted by atomic mass is 10.1. The number of aliphatic hydroxyl groups excluding tert-OH is 1. The number of carbonyl (C=O) groups excluding carboxylic acids is 1. The number of carbonyl (C=O) groups is 1. The van der Waals surface area contributed by atoms with E-state index in [1.165, 1.54) is 4.90 Å². The predicted molar refractivity (Wildman–Crippen MR) is 118 cm³/mol. The lowest BCUT2D eigenvalue weighted by Crippen LogP contribution is -2.47. The third kappa shape index (κ3) is 7.81. The van der Waals surface area contributed by atoms with E-state index in [0.29, 0.717) is 6.54 Å². The van der Waals surface area contributed by atoms with Crippen LogP contribution in [0, 0.1) is 0 Å². The largest absolute Gasteiger partial charge is 0.495 e. The summed E-state index contributed by atoms with van der Waals surface area (Å²) in [5.41, 5.74) is 1.15. The van der Waals surface area contributed by atoms with Crippen LogP contribution in [-0.4, -0.2) is 93.4 Å². The van der Waals surface area contributed by atoms with Gasteiger partial charge in [0, 0.05) is 65.8 Å². The maximum Gasteiger partial charge on any atom is 0.317 e. The van der Waals surface area contributed by atoms with Crippen molar-refractivity contribution in [3.63, 3.8) is 0 Å². The smallest absolute Gasteiger partial charge is 0.317 e. The van der Waals surface area contributed by atoms with Crippen LogP contribution >= 0.6 is 0 Å². The van der Waals surface area contributed by atoms with E-state index >= 15 is 0 Å². The summed E-state index contributed by atoms with van der Waals surface area (Å²) in [6, 6.07) is 7.89. The Kier molecular flexibility index (Phi) is 10.3. The molecule has 0 aliphatic carbocycles. The molecule has 3 rings (SSSR count). The van der Waals surface area contributed by atoms with Gasteiger partial charge in [0.05, 0.1) is 12.8 Å². The highest BCUT2D eigenvalue weighted by Crippen LogP contribution is 2.29. The monoisotopic (exact) mass is 442 g/mol. The highest BCUT2D eigenvalue weighted by atomic mass is 19.3. The van der Waals surface area contributed by atoms with Gasteiger partial charge in [0.15, 0.2) is 0 Å². The van der Waals surface area contributed by atoms with Crippen molar-refractivity contribution in [2.24, 2.45) is 0 Å². The van der Waals surface area contributed by atoms with E-state index in [1.54, 1.807) is 7.11 Å². The molecule has 176 valence electrons. The van der Waals surface area contributed by atoms with Crippen molar-refractivity contribution in [1.82, 2.24) is 15.1 Å². The molecule has 2 fully saturated rings. The molecule has 2 saturated heterocycles. The van der Waals surface area contributed by atoms with Gasteiger partial charge in [-0.15, -0.1) is 0 Å². The number of aliphatic hydroxyl groups is 1. The highest BCUT2D eigenvalue weighted by Gasteiger charge is 2.35. The topological polar surface area (TPSA) is 68.3 Å². The van der Waals surface area contributed by atoms with Crippen LogP contribution < -0.4 is 15.0 Å². The predicted octanol–water partition coefficient (Wildman–Crippen LogP) is 2.65. The first-order valence-electron chi connectivity index (χ1n) is 10.9. The number of urea groups is 1. The molecule has 0 unspecified atom stereocenters. The number of amides is 2. The average molecular weight is 443 g/mol. The van der Waals surface area contributed by atoms with E-state index in [1.807, 2.05) is 18.2 Å². The number of unbranched alkanes of at least 4 members (excludes halogenated alkanes) is 1. The Bertz CT molecular complexity index is 660. The molecule has 0 atom stereocenters. The Morgan fingerprint density at radius 2 is 1.71 bits per heavy atom. The third-order valence-electron chi connectivity index (χ3n) is 5.76. The molecule has 0 bridgehead atoms. The molecule has 0 spiro atoms. The molecule has 2 aliphatic heterocycles. The van der Waals surface area contributed by atoms with Crippen molar-refractivity contribution in [2.45, 2.75) is 31.6 Å². The van der Waals surface area contributed by atoms with Gasteiger partial charge in [-0.25, -0.2) is 13.6 Å². The van der Waals surface area contributed by atoms with Crippen molar-refractivity contribution in [1.29, 1.82) is 0 Å². The van der Waals surface area contributed by atoms with Gasteiger partial charge in [-0.05, 0) is 31.5 Å². The van der Waals surface area contributed by atoms with Crippen LogP contribution in [0.4, 0.5) is 19.3 Å². The molecular weight excluding hydrogens is 406 g/mol. The molecule has 2 aliphatic rings. The normalized spacial score (nSPS) is 18.7. The number of halogens is 2. The summed E-state index contributed by atoms with van der Waals surface area (Å²) in [5, 5.41) is 9.86. The molecular formula is C22H36F2N4O3. The summed E-state index contributed by atoms with van der Waals surface area (Å²) in [7, 11) is 2.70. The minimum atomic E-state index is -2.62. The maximum absolute atomic E-state index is 13.2. The second kappa shape index (κ2) is 12.7. The van der Waals surface area contributed by atoms with Crippen molar-refractivity contribution in [2.75, 3.05) is 71.5 Å². The minimum absolute atomic E-state index is 0.134. The SMILES string of the molecule is CO.COc1ccccc1N1CCN(CCCCNC(=O)N2CCC(F)(F)CC2)CC1. The highest BCUT2D eigenvalue weighted by molar-refractivity contribution is 5.74. The Balaban J connectivity index is 0.00000166. The Morgan fingerprint density at radius 3 is 2.35 bits per heavy atom. The Labute approximate surface area is 183 Å². The quantitative estimate of drug-likeness (QED) is 0.636. The van der Waals surface area contributed by atoms with Crippen LogP contribution in [0.3, 0.4) is 0 Å². The number of anilines is 1. The average Bonchev–Trinajstić information content (AvgIpc) is 2.80. The fourth-order valence-electron chi connectivity index (χ4n) is 3.91. The number of nitrogens with zero attached hydrogens (tertiary/aromatic N) is 3. The number of ether oxygens (including phenoxy) is 1. The van der Waals surface area contributed by atoms with Crippen LogP contribution in [0.1, 0.15) is 25.7 Å². The van der Waals surface area contributed by atoms with Crippen LogP contribution in [0.5, 0.6) is 5.75 Å². The fraction of sp³-hybridized carbons (Fsp3) is 0.682. The molecule has 2 amide bonds. The molecule has 0 aromatic heterocycles. The van der Waals surface area contributed by atoms with E-state index in [9.17, 15) is 13.6 Å². The summed E-state index contributed by atoms with van der Waals surface area (Å²) >= 11 is 0. The fourth-order valence-corrected chi connectivity index (χ4v) is 3.91. The number of piperazine rings is 1. The Morgan fingerprint density at radius 1 is 1.06 bits per heavy atom. The molecule has 1 aromatic carbocycles. The van der Waals surface area contributed by atoms with Gasteiger partial charge >= 0.3 is 6.03 Å². The number of hydrogen-bond acceptors (Lipinski definition) is 5. The van der Waals surface area contributed by atoms with Crippen LogP contribution in [-0.2, 0) is 0 Å². The number of piperidine rings is 1. The van der Waals surface area contributed by atoms with Gasteiger partial charge in [-0.1, -0.05) is 12.1 Å². The van der Waals surface area contributed by atoms with Crippen molar-refractivity contribution >= 4 is 11.7 Å². The summed E-state index contributed by atoms with van der Waals surface area (Å²) in [6.07, 6.45) is 1.43. The summed E-state index contributed by atoms with van der Waals surface area (Å²) in [6.45, 7) is 5.81. The molecule has 31 heavy (non-hydrogen) atoms. The second-order valence-corrected chi connectivity index (χ2v) is 7.78. The van der Waals surface area contributed by atoms with Gasteiger partial charge < -0.3 is 25.0 Å². The zero-order valence-corrected chi connectivity index (χ0v) is 18.7. The van der Waals surface area contributed by atoms with Crippen molar-refractivity contribution in [3.05, 3.63) is 24.3 Å². The first-order valence-corrected chi connectivity index (χ1v) is 10.9. The number of nitrogens with one attached hydrogen (secondary N) is 1. The Hall–Kier alpha value is -2.13. The van der Waals surface area contributed by atoms with Crippen LogP contribution in [0.25, 0.3) is 0 Å². The van der Waals surface area contributed by atoms with Crippen molar-refractivity contribution < 1.29 is 23.4 Å². The van der Waals surface area contributed by atoms with Crippen molar-refractivity contribution in [3.8, 4) is 5.75 Å². The first-order chi connectivity index (χ1) is 15.0. The van der Waals surface area contributed by atoms with E-state index in [4.69, 9.17) is 9.84 Å². The lowest BCUT2D eigenvalue weighted by molar-refractivity contribution is -0.0469. The zero-order chi connectivity index (χ0) is 22.7. The van der Waals surface area contributed by atoms with E-state index < -0.39 is 5.92 Å². The van der Waals surface area contributed by atoms with E-state index in [0.717, 1.165) is 64.1 Å². The number of hydrogen-bond donors (Lipinski definition) is 2. The van der Waals surface area contributed by atoms with Gasteiger partial charge in [-0.2, -0.15) is 0 Å². The number of rotatable bonds is 7. The molecule has 0 radical (unpaired) electrons. The minimum Gasteiger partial charge on any atom is -0.495 e. The third-order valence-corrected chi connectivity index (χ3v) is 5.76.